The zero-order valence-corrected chi connectivity index (χ0v) is 15.0. The summed E-state index contributed by atoms with van der Waals surface area (Å²) < 4.78 is 3.16. The molecule has 1 amide bonds. The van der Waals surface area contributed by atoms with Gasteiger partial charge in [0.2, 0.25) is 0 Å². The van der Waals surface area contributed by atoms with E-state index >= 15 is 0 Å². The number of anilines is 1. The Kier molecular flexibility index (Phi) is 4.65. The van der Waals surface area contributed by atoms with E-state index in [-0.39, 0.29) is 27.1 Å². The third-order valence-electron chi connectivity index (χ3n) is 3.82. The van der Waals surface area contributed by atoms with Gasteiger partial charge in [-0.3, -0.25) is 14.3 Å². The second-order valence-electron chi connectivity index (χ2n) is 5.39. The monoisotopic (exact) mass is 376 g/mol. The quantitative estimate of drug-likeness (QED) is 0.711. The molecule has 0 aliphatic carbocycles. The molecule has 2 heterocycles. The summed E-state index contributed by atoms with van der Waals surface area (Å²) in [7, 11) is 1.75. The first-order chi connectivity index (χ1) is 11.9. The van der Waals surface area contributed by atoms with Gasteiger partial charge in [-0.2, -0.15) is 0 Å². The Balaban J connectivity index is 2.01. The van der Waals surface area contributed by atoms with Crippen LogP contribution in [-0.2, 0) is 7.05 Å². The van der Waals surface area contributed by atoms with E-state index in [9.17, 15) is 9.59 Å². The predicted octanol–water partition coefficient (Wildman–Crippen LogP) is 3.44. The SMILES string of the molecule is Cc1c(NC(=O)c2cc(Cl)nc(Cl)c2)c(=O)n(-c2ccccc2)n1C. The molecule has 0 aliphatic rings. The molecule has 25 heavy (non-hydrogen) atoms. The molecule has 0 fully saturated rings. The highest BCUT2D eigenvalue weighted by molar-refractivity contribution is 6.33. The van der Waals surface area contributed by atoms with Crippen LogP contribution in [0, 0.1) is 6.92 Å². The van der Waals surface area contributed by atoms with Crippen molar-refractivity contribution in [1.29, 1.82) is 0 Å². The van der Waals surface area contributed by atoms with Gasteiger partial charge >= 0.3 is 0 Å². The van der Waals surface area contributed by atoms with Crippen LogP contribution in [0.25, 0.3) is 5.69 Å². The van der Waals surface area contributed by atoms with Crippen LogP contribution in [0.1, 0.15) is 16.1 Å². The van der Waals surface area contributed by atoms with Gasteiger partial charge in [-0.25, -0.2) is 9.67 Å². The Bertz CT molecular complexity index is 989. The Morgan fingerprint density at radius 1 is 1.12 bits per heavy atom. The number of pyridine rings is 1. The Morgan fingerprint density at radius 2 is 1.72 bits per heavy atom. The molecule has 0 aliphatic heterocycles. The summed E-state index contributed by atoms with van der Waals surface area (Å²) in [6.45, 7) is 1.75. The minimum absolute atomic E-state index is 0.101. The largest absolute Gasteiger partial charge is 0.316 e. The number of hydrogen-bond acceptors (Lipinski definition) is 3. The van der Waals surface area contributed by atoms with E-state index in [0.29, 0.717) is 11.4 Å². The van der Waals surface area contributed by atoms with E-state index in [1.807, 2.05) is 30.3 Å². The summed E-state index contributed by atoms with van der Waals surface area (Å²) >= 11 is 11.6. The van der Waals surface area contributed by atoms with Crippen LogP contribution in [0.2, 0.25) is 10.3 Å². The van der Waals surface area contributed by atoms with Crippen LogP contribution < -0.4 is 10.9 Å². The summed E-state index contributed by atoms with van der Waals surface area (Å²) in [5.74, 6) is -0.489. The maximum atomic E-state index is 12.8. The number of hydrogen-bond donors (Lipinski definition) is 1. The Labute approximate surface area is 153 Å². The lowest BCUT2D eigenvalue weighted by Crippen LogP contribution is -2.23. The highest BCUT2D eigenvalue weighted by Gasteiger charge is 2.19. The van der Waals surface area contributed by atoms with Crippen molar-refractivity contribution < 1.29 is 4.79 Å². The summed E-state index contributed by atoms with van der Waals surface area (Å²) in [5.41, 5.74) is 1.41. The van der Waals surface area contributed by atoms with Gasteiger partial charge in [-0.1, -0.05) is 41.4 Å². The predicted molar refractivity (Wildman–Crippen MR) is 98.0 cm³/mol. The van der Waals surface area contributed by atoms with Crippen molar-refractivity contribution in [3.8, 4) is 5.69 Å². The first kappa shape index (κ1) is 17.3. The fraction of sp³-hybridized carbons (Fsp3) is 0.118. The van der Waals surface area contributed by atoms with Gasteiger partial charge in [0.15, 0.2) is 0 Å². The van der Waals surface area contributed by atoms with E-state index in [1.54, 1.807) is 18.7 Å². The molecule has 3 aromatic rings. The van der Waals surface area contributed by atoms with E-state index in [2.05, 4.69) is 10.3 Å². The first-order valence-electron chi connectivity index (χ1n) is 7.37. The average Bonchev–Trinajstić information content (AvgIpc) is 2.78. The smallest absolute Gasteiger partial charge is 0.295 e. The number of amides is 1. The normalized spacial score (nSPS) is 10.7. The number of aromatic nitrogens is 3. The lowest BCUT2D eigenvalue weighted by molar-refractivity contribution is 0.102. The van der Waals surface area contributed by atoms with Crippen LogP contribution >= 0.6 is 23.2 Å². The van der Waals surface area contributed by atoms with Crippen molar-refractivity contribution >= 4 is 34.8 Å². The van der Waals surface area contributed by atoms with Gasteiger partial charge in [0.1, 0.15) is 16.0 Å². The fourth-order valence-corrected chi connectivity index (χ4v) is 2.95. The number of halogens is 2. The first-order valence-corrected chi connectivity index (χ1v) is 8.12. The molecule has 1 N–H and O–H groups in total. The number of para-hydroxylation sites is 1. The van der Waals surface area contributed by atoms with Crippen LogP contribution in [-0.4, -0.2) is 20.3 Å². The zero-order chi connectivity index (χ0) is 18.1. The number of nitrogens with one attached hydrogen (secondary N) is 1. The molecule has 0 bridgehead atoms. The third kappa shape index (κ3) is 3.31. The summed E-state index contributed by atoms with van der Waals surface area (Å²) in [6.07, 6.45) is 0. The molecule has 0 radical (unpaired) electrons. The minimum Gasteiger partial charge on any atom is -0.316 e. The molecule has 128 valence electrons. The van der Waals surface area contributed by atoms with Crippen molar-refractivity contribution in [3.63, 3.8) is 0 Å². The second-order valence-corrected chi connectivity index (χ2v) is 6.17. The van der Waals surface area contributed by atoms with Crippen LogP contribution in [0.15, 0.2) is 47.3 Å². The number of rotatable bonds is 3. The number of carbonyl (C=O) groups excluding carboxylic acids is 1. The lowest BCUT2D eigenvalue weighted by Gasteiger charge is -2.07. The fourth-order valence-electron chi connectivity index (χ4n) is 2.49. The van der Waals surface area contributed by atoms with E-state index in [4.69, 9.17) is 23.2 Å². The van der Waals surface area contributed by atoms with Gasteiger partial charge in [-0.05, 0) is 31.2 Å². The van der Waals surface area contributed by atoms with Gasteiger partial charge in [0, 0.05) is 12.6 Å². The Morgan fingerprint density at radius 3 is 2.32 bits per heavy atom. The van der Waals surface area contributed by atoms with Crippen molar-refractivity contribution in [3.05, 3.63) is 74.4 Å². The highest BCUT2D eigenvalue weighted by Crippen LogP contribution is 2.18. The molecule has 0 saturated heterocycles. The molecule has 0 saturated carbocycles. The molecule has 0 atom stereocenters. The number of carbonyl (C=O) groups is 1. The summed E-state index contributed by atoms with van der Waals surface area (Å²) in [6, 6.07) is 11.9. The van der Waals surface area contributed by atoms with Crippen molar-refractivity contribution in [2.45, 2.75) is 6.92 Å². The van der Waals surface area contributed by atoms with Crippen molar-refractivity contribution in [1.82, 2.24) is 14.3 Å². The minimum atomic E-state index is -0.489. The third-order valence-corrected chi connectivity index (χ3v) is 4.21. The van der Waals surface area contributed by atoms with E-state index in [0.717, 1.165) is 0 Å². The molecule has 8 heteroatoms. The number of nitrogens with zero attached hydrogens (tertiary/aromatic N) is 3. The second kappa shape index (κ2) is 6.74. The van der Waals surface area contributed by atoms with Gasteiger partial charge in [-0.15, -0.1) is 0 Å². The maximum absolute atomic E-state index is 12.8. The average molecular weight is 377 g/mol. The molecule has 3 rings (SSSR count). The standard InChI is InChI=1S/C17H14Cl2N4O2/c1-10-15(21-16(24)11-8-13(18)20-14(19)9-11)17(25)23(22(10)2)12-6-4-3-5-7-12/h3-9H,1-2H3,(H,21,24). The zero-order valence-electron chi connectivity index (χ0n) is 13.5. The number of benzene rings is 1. The van der Waals surface area contributed by atoms with Crippen molar-refractivity contribution in [2.75, 3.05) is 5.32 Å². The highest BCUT2D eigenvalue weighted by atomic mass is 35.5. The molecule has 6 nitrogen and oxygen atoms in total. The molecule has 0 unspecified atom stereocenters. The van der Waals surface area contributed by atoms with Crippen LogP contribution in [0.3, 0.4) is 0 Å². The van der Waals surface area contributed by atoms with Gasteiger partial charge in [0.05, 0.1) is 11.4 Å². The Hall–Kier alpha value is -2.57. The van der Waals surface area contributed by atoms with E-state index < -0.39 is 5.91 Å². The lowest BCUT2D eigenvalue weighted by atomic mass is 10.2. The van der Waals surface area contributed by atoms with Crippen LogP contribution in [0.4, 0.5) is 5.69 Å². The van der Waals surface area contributed by atoms with E-state index in [1.165, 1.54) is 16.8 Å². The summed E-state index contributed by atoms with van der Waals surface area (Å²) in [5, 5.41) is 2.84. The maximum Gasteiger partial charge on any atom is 0.295 e. The molecular formula is C17H14Cl2N4O2. The molecule has 2 aromatic heterocycles. The van der Waals surface area contributed by atoms with Crippen molar-refractivity contribution in [2.24, 2.45) is 7.05 Å². The van der Waals surface area contributed by atoms with Gasteiger partial charge in [0.25, 0.3) is 11.5 Å². The van der Waals surface area contributed by atoms with Gasteiger partial charge < -0.3 is 5.32 Å². The molecule has 0 spiro atoms. The topological polar surface area (TPSA) is 68.9 Å². The molecular weight excluding hydrogens is 363 g/mol. The molecule has 1 aromatic carbocycles. The summed E-state index contributed by atoms with van der Waals surface area (Å²) in [4.78, 5) is 29.0. The van der Waals surface area contributed by atoms with Crippen LogP contribution in [0.5, 0.6) is 0 Å².